The van der Waals surface area contributed by atoms with Crippen molar-refractivity contribution in [3.63, 3.8) is 0 Å². The zero-order valence-corrected chi connectivity index (χ0v) is 13.3. The number of fused-ring (bicyclic) bond motifs is 3. The van der Waals surface area contributed by atoms with Crippen LogP contribution in [0.3, 0.4) is 0 Å². The molecule has 6 nitrogen and oxygen atoms in total. The number of aromatic nitrogens is 3. The molecule has 0 aliphatic carbocycles. The van der Waals surface area contributed by atoms with Crippen molar-refractivity contribution in [3.8, 4) is 0 Å². The number of pyridine rings is 1. The standard InChI is InChI=1S/C16H16N4O2S/c21-23(22,13-5-3-8-17-11-13)19-9-4-10-20-15-7-2-1-6-14(15)18-16(20)12-19/h1-3,5-8,11H,4,9-10,12H2. The lowest BCUT2D eigenvalue weighted by Crippen LogP contribution is -2.31. The van der Waals surface area contributed by atoms with Crippen molar-refractivity contribution in [1.29, 1.82) is 0 Å². The zero-order valence-electron chi connectivity index (χ0n) is 12.5. The second kappa shape index (κ2) is 5.43. The quantitative estimate of drug-likeness (QED) is 0.722. The van der Waals surface area contributed by atoms with Crippen LogP contribution in [0.1, 0.15) is 12.2 Å². The Labute approximate surface area is 134 Å². The van der Waals surface area contributed by atoms with E-state index in [1.807, 2.05) is 24.3 Å². The van der Waals surface area contributed by atoms with Crippen molar-refractivity contribution in [2.75, 3.05) is 6.54 Å². The Morgan fingerprint density at radius 3 is 2.74 bits per heavy atom. The number of nitrogens with zero attached hydrogens (tertiary/aromatic N) is 4. The second-order valence-electron chi connectivity index (χ2n) is 5.55. The molecule has 0 amide bonds. The molecule has 0 bridgehead atoms. The van der Waals surface area contributed by atoms with Crippen LogP contribution in [0.4, 0.5) is 0 Å². The van der Waals surface area contributed by atoms with Gasteiger partial charge in [-0.25, -0.2) is 13.4 Å². The molecule has 7 heteroatoms. The number of hydrogen-bond acceptors (Lipinski definition) is 4. The maximum Gasteiger partial charge on any atom is 0.245 e. The summed E-state index contributed by atoms with van der Waals surface area (Å²) in [5, 5.41) is 0. The summed E-state index contributed by atoms with van der Waals surface area (Å²) in [4.78, 5) is 8.76. The molecule has 3 heterocycles. The number of aryl methyl sites for hydroxylation is 1. The lowest BCUT2D eigenvalue weighted by molar-refractivity contribution is 0.407. The van der Waals surface area contributed by atoms with E-state index in [0.717, 1.165) is 29.8 Å². The summed E-state index contributed by atoms with van der Waals surface area (Å²) >= 11 is 0. The van der Waals surface area contributed by atoms with E-state index >= 15 is 0 Å². The van der Waals surface area contributed by atoms with Crippen LogP contribution in [-0.2, 0) is 23.1 Å². The van der Waals surface area contributed by atoms with Gasteiger partial charge in [0.2, 0.25) is 10.0 Å². The Hall–Kier alpha value is -2.25. The van der Waals surface area contributed by atoms with Gasteiger partial charge in [-0.3, -0.25) is 4.98 Å². The summed E-state index contributed by atoms with van der Waals surface area (Å²) in [5.41, 5.74) is 1.96. The average Bonchev–Trinajstić information content (AvgIpc) is 2.78. The van der Waals surface area contributed by atoms with E-state index in [1.165, 1.54) is 10.5 Å². The summed E-state index contributed by atoms with van der Waals surface area (Å²) in [6, 6.07) is 11.1. The maximum atomic E-state index is 12.8. The van der Waals surface area contributed by atoms with Crippen molar-refractivity contribution in [2.45, 2.75) is 24.4 Å². The third-order valence-corrected chi connectivity index (χ3v) is 5.94. The van der Waals surface area contributed by atoms with Crippen LogP contribution in [0, 0.1) is 0 Å². The lowest BCUT2D eigenvalue weighted by Gasteiger charge is -2.19. The molecule has 0 atom stereocenters. The first-order valence-corrected chi connectivity index (χ1v) is 8.94. The molecule has 4 rings (SSSR count). The van der Waals surface area contributed by atoms with E-state index in [2.05, 4.69) is 14.5 Å². The van der Waals surface area contributed by atoms with Crippen molar-refractivity contribution in [3.05, 3.63) is 54.6 Å². The highest BCUT2D eigenvalue weighted by atomic mass is 32.2. The molecule has 0 N–H and O–H groups in total. The van der Waals surface area contributed by atoms with Crippen molar-refractivity contribution >= 4 is 21.1 Å². The Balaban J connectivity index is 1.75. The molecule has 0 unspecified atom stereocenters. The van der Waals surface area contributed by atoms with Crippen molar-refractivity contribution < 1.29 is 8.42 Å². The molecular formula is C16H16N4O2S. The molecule has 0 saturated heterocycles. The normalized spacial score (nSPS) is 16.2. The molecule has 1 aromatic carbocycles. The van der Waals surface area contributed by atoms with Gasteiger partial charge in [-0.2, -0.15) is 4.31 Å². The molecule has 23 heavy (non-hydrogen) atoms. The predicted octanol–water partition coefficient (Wildman–Crippen LogP) is 2.03. The number of rotatable bonds is 2. The molecule has 0 radical (unpaired) electrons. The van der Waals surface area contributed by atoms with Crippen LogP contribution >= 0.6 is 0 Å². The summed E-state index contributed by atoms with van der Waals surface area (Å²) in [6.45, 7) is 1.54. The molecule has 118 valence electrons. The zero-order chi connectivity index (χ0) is 15.9. The maximum absolute atomic E-state index is 12.8. The third kappa shape index (κ3) is 2.42. The number of hydrogen-bond donors (Lipinski definition) is 0. The Morgan fingerprint density at radius 1 is 1.04 bits per heavy atom. The van der Waals surface area contributed by atoms with Crippen LogP contribution in [0.5, 0.6) is 0 Å². The van der Waals surface area contributed by atoms with Crippen molar-refractivity contribution in [2.24, 2.45) is 0 Å². The lowest BCUT2D eigenvalue weighted by atomic mass is 10.3. The van der Waals surface area contributed by atoms with Gasteiger partial charge in [-0.15, -0.1) is 0 Å². The van der Waals surface area contributed by atoms with Gasteiger partial charge in [0.05, 0.1) is 17.6 Å². The van der Waals surface area contributed by atoms with Gasteiger partial charge in [0.1, 0.15) is 10.7 Å². The Morgan fingerprint density at radius 2 is 1.91 bits per heavy atom. The molecule has 2 aromatic heterocycles. The van der Waals surface area contributed by atoms with Gasteiger partial charge in [0.15, 0.2) is 0 Å². The minimum absolute atomic E-state index is 0.226. The first kappa shape index (κ1) is 14.3. The van der Waals surface area contributed by atoms with Crippen LogP contribution in [0.15, 0.2) is 53.7 Å². The third-order valence-electron chi connectivity index (χ3n) is 4.11. The van der Waals surface area contributed by atoms with Gasteiger partial charge in [-0.1, -0.05) is 12.1 Å². The molecule has 0 fully saturated rings. The fourth-order valence-corrected chi connectivity index (χ4v) is 4.39. The molecule has 0 saturated carbocycles. The molecule has 0 spiro atoms. The molecular weight excluding hydrogens is 312 g/mol. The van der Waals surface area contributed by atoms with Crippen LogP contribution < -0.4 is 0 Å². The smallest absolute Gasteiger partial charge is 0.245 e. The van der Waals surface area contributed by atoms with Gasteiger partial charge in [0, 0.05) is 25.5 Å². The summed E-state index contributed by atoms with van der Waals surface area (Å²) in [6.07, 6.45) is 3.72. The van der Waals surface area contributed by atoms with Crippen LogP contribution in [-0.4, -0.2) is 33.8 Å². The highest BCUT2D eigenvalue weighted by Crippen LogP contribution is 2.24. The first-order chi connectivity index (χ1) is 11.2. The molecule has 1 aliphatic heterocycles. The van der Waals surface area contributed by atoms with Crippen molar-refractivity contribution in [1.82, 2.24) is 18.8 Å². The predicted molar refractivity (Wildman–Crippen MR) is 86.2 cm³/mol. The minimum Gasteiger partial charge on any atom is -0.327 e. The number of imidazole rings is 1. The largest absolute Gasteiger partial charge is 0.327 e. The molecule has 1 aliphatic rings. The first-order valence-electron chi connectivity index (χ1n) is 7.50. The van der Waals surface area contributed by atoms with E-state index in [4.69, 9.17) is 0 Å². The fourth-order valence-electron chi connectivity index (χ4n) is 2.99. The topological polar surface area (TPSA) is 68.1 Å². The SMILES string of the molecule is O=S(=O)(c1cccnc1)N1CCCn2c(nc3ccccc32)C1. The summed E-state index contributed by atoms with van der Waals surface area (Å²) in [5.74, 6) is 0.788. The number of sulfonamides is 1. The van der Waals surface area contributed by atoms with E-state index in [0.29, 0.717) is 6.54 Å². The van der Waals surface area contributed by atoms with E-state index in [9.17, 15) is 8.42 Å². The van der Waals surface area contributed by atoms with Gasteiger partial charge in [-0.05, 0) is 30.7 Å². The second-order valence-corrected chi connectivity index (χ2v) is 7.49. The summed E-state index contributed by atoms with van der Waals surface area (Å²) in [7, 11) is -3.55. The van der Waals surface area contributed by atoms with E-state index < -0.39 is 10.0 Å². The fraction of sp³-hybridized carbons (Fsp3) is 0.250. The highest BCUT2D eigenvalue weighted by Gasteiger charge is 2.28. The average molecular weight is 328 g/mol. The number of benzene rings is 1. The van der Waals surface area contributed by atoms with Gasteiger partial charge in [0.25, 0.3) is 0 Å². The Bertz CT molecular complexity index is 951. The monoisotopic (exact) mass is 328 g/mol. The molecule has 3 aromatic rings. The van der Waals surface area contributed by atoms with Gasteiger partial charge < -0.3 is 4.57 Å². The van der Waals surface area contributed by atoms with Gasteiger partial charge >= 0.3 is 0 Å². The minimum atomic E-state index is -3.55. The van der Waals surface area contributed by atoms with Crippen LogP contribution in [0.25, 0.3) is 11.0 Å². The van der Waals surface area contributed by atoms with Crippen LogP contribution in [0.2, 0.25) is 0 Å². The number of para-hydroxylation sites is 2. The van der Waals surface area contributed by atoms with E-state index in [1.54, 1.807) is 18.3 Å². The summed E-state index contributed by atoms with van der Waals surface area (Å²) < 4.78 is 29.2. The van der Waals surface area contributed by atoms with E-state index in [-0.39, 0.29) is 11.4 Å². The highest BCUT2D eigenvalue weighted by molar-refractivity contribution is 7.89. The Kier molecular flexibility index (Phi) is 3.39.